The van der Waals surface area contributed by atoms with Crippen molar-refractivity contribution < 1.29 is 22.7 Å². The van der Waals surface area contributed by atoms with Crippen LogP contribution in [0.2, 0.25) is 10.0 Å². The lowest BCUT2D eigenvalue weighted by Crippen LogP contribution is -2.51. The predicted molar refractivity (Wildman–Crippen MR) is 158 cm³/mol. The Morgan fingerprint density at radius 2 is 1.68 bits per heavy atom. The van der Waals surface area contributed by atoms with E-state index in [1.54, 1.807) is 56.5 Å². The average molecular weight is 607 g/mol. The van der Waals surface area contributed by atoms with E-state index in [0.29, 0.717) is 12.3 Å². The molecule has 40 heavy (non-hydrogen) atoms. The van der Waals surface area contributed by atoms with Crippen LogP contribution in [0.3, 0.4) is 0 Å². The SMILES string of the molecule is CCCCNC(=O)[C@@H](C)N(Cc1ccc(OC)cc1)C(=O)CN(c1cc(Cl)ccc1Cl)S(=O)(=O)c1ccccc1. The fourth-order valence-electron chi connectivity index (χ4n) is 3.96. The Morgan fingerprint density at radius 3 is 2.30 bits per heavy atom. The second kappa shape index (κ2) is 14.4. The molecule has 0 bridgehead atoms. The van der Waals surface area contributed by atoms with Gasteiger partial charge in [-0.3, -0.25) is 13.9 Å². The van der Waals surface area contributed by atoms with Crippen molar-refractivity contribution in [1.29, 1.82) is 0 Å². The quantitative estimate of drug-likeness (QED) is 0.258. The number of amides is 2. The van der Waals surface area contributed by atoms with Crippen molar-refractivity contribution in [1.82, 2.24) is 10.2 Å². The monoisotopic (exact) mass is 605 g/mol. The van der Waals surface area contributed by atoms with Crippen molar-refractivity contribution in [2.45, 2.75) is 44.2 Å². The zero-order chi connectivity index (χ0) is 29.3. The van der Waals surface area contributed by atoms with E-state index in [9.17, 15) is 18.0 Å². The molecule has 11 heteroatoms. The molecule has 0 spiro atoms. The molecule has 0 saturated carbocycles. The van der Waals surface area contributed by atoms with Crippen molar-refractivity contribution in [2.24, 2.45) is 0 Å². The molecule has 0 aliphatic heterocycles. The van der Waals surface area contributed by atoms with Crippen LogP contribution in [0, 0.1) is 0 Å². The summed E-state index contributed by atoms with van der Waals surface area (Å²) in [6, 6.07) is 18.3. The number of sulfonamides is 1. The number of hydrogen-bond acceptors (Lipinski definition) is 5. The lowest BCUT2D eigenvalue weighted by atomic mass is 10.1. The van der Waals surface area contributed by atoms with E-state index < -0.39 is 28.5 Å². The van der Waals surface area contributed by atoms with E-state index in [0.717, 1.165) is 22.7 Å². The molecule has 1 N–H and O–H groups in total. The second-order valence-electron chi connectivity index (χ2n) is 9.11. The van der Waals surface area contributed by atoms with Crippen molar-refractivity contribution in [3.8, 4) is 5.75 Å². The molecule has 1 atom stereocenters. The Hall–Kier alpha value is -3.27. The number of methoxy groups -OCH3 is 1. The molecule has 8 nitrogen and oxygen atoms in total. The molecule has 0 aliphatic rings. The molecular weight excluding hydrogens is 573 g/mol. The number of nitrogens with one attached hydrogen (secondary N) is 1. The van der Waals surface area contributed by atoms with Gasteiger partial charge in [0.05, 0.1) is 22.7 Å². The summed E-state index contributed by atoms with van der Waals surface area (Å²) in [5, 5.41) is 3.21. The smallest absolute Gasteiger partial charge is 0.264 e. The highest BCUT2D eigenvalue weighted by atomic mass is 35.5. The summed E-state index contributed by atoms with van der Waals surface area (Å²) in [6.07, 6.45) is 1.69. The summed E-state index contributed by atoms with van der Waals surface area (Å²) >= 11 is 12.6. The molecule has 0 fully saturated rings. The van der Waals surface area contributed by atoms with Crippen LogP contribution in [0.15, 0.2) is 77.7 Å². The molecule has 3 rings (SSSR count). The van der Waals surface area contributed by atoms with Gasteiger partial charge in [0.1, 0.15) is 18.3 Å². The van der Waals surface area contributed by atoms with Crippen molar-refractivity contribution >= 4 is 50.7 Å². The van der Waals surface area contributed by atoms with Gasteiger partial charge in [-0.2, -0.15) is 0 Å². The fourth-order valence-corrected chi connectivity index (χ4v) is 5.84. The van der Waals surface area contributed by atoms with Crippen LogP contribution in [-0.2, 0) is 26.2 Å². The van der Waals surface area contributed by atoms with Crippen LogP contribution in [0.1, 0.15) is 32.3 Å². The molecule has 0 aliphatic carbocycles. The molecule has 0 aromatic heterocycles. The molecule has 3 aromatic carbocycles. The first-order valence-corrected chi connectivity index (χ1v) is 15.0. The average Bonchev–Trinajstić information content (AvgIpc) is 2.96. The van der Waals surface area contributed by atoms with E-state index in [1.807, 2.05) is 6.92 Å². The number of anilines is 1. The van der Waals surface area contributed by atoms with Gasteiger partial charge in [0.2, 0.25) is 11.8 Å². The molecule has 0 unspecified atom stereocenters. The number of hydrogen-bond donors (Lipinski definition) is 1. The van der Waals surface area contributed by atoms with Gasteiger partial charge in [-0.05, 0) is 61.4 Å². The highest BCUT2D eigenvalue weighted by Gasteiger charge is 2.33. The van der Waals surface area contributed by atoms with Crippen LogP contribution in [0.4, 0.5) is 5.69 Å². The minimum Gasteiger partial charge on any atom is -0.497 e. The van der Waals surface area contributed by atoms with E-state index in [4.69, 9.17) is 27.9 Å². The first kappa shape index (κ1) is 31.3. The zero-order valence-electron chi connectivity index (χ0n) is 22.6. The van der Waals surface area contributed by atoms with Gasteiger partial charge in [0, 0.05) is 18.1 Å². The summed E-state index contributed by atoms with van der Waals surface area (Å²) in [5.41, 5.74) is 0.788. The summed E-state index contributed by atoms with van der Waals surface area (Å²) in [4.78, 5) is 28.3. The van der Waals surface area contributed by atoms with Crippen molar-refractivity contribution in [2.75, 3.05) is 24.5 Å². The fraction of sp³-hybridized carbons (Fsp3) is 0.310. The van der Waals surface area contributed by atoms with Crippen LogP contribution in [0.5, 0.6) is 5.75 Å². The first-order valence-electron chi connectivity index (χ1n) is 12.8. The molecule has 214 valence electrons. The third-order valence-corrected chi connectivity index (χ3v) is 8.62. The van der Waals surface area contributed by atoms with Gasteiger partial charge in [0.15, 0.2) is 0 Å². The summed E-state index contributed by atoms with van der Waals surface area (Å²) in [7, 11) is -2.69. The number of rotatable bonds is 13. The highest BCUT2D eigenvalue weighted by Crippen LogP contribution is 2.33. The summed E-state index contributed by atoms with van der Waals surface area (Å²) in [5.74, 6) is -0.291. The number of nitrogens with zero attached hydrogens (tertiary/aromatic N) is 2. The van der Waals surface area contributed by atoms with Gasteiger partial charge in [-0.1, -0.05) is 66.9 Å². The van der Waals surface area contributed by atoms with Gasteiger partial charge in [-0.25, -0.2) is 8.42 Å². The first-order chi connectivity index (χ1) is 19.1. The largest absolute Gasteiger partial charge is 0.497 e. The van der Waals surface area contributed by atoms with Crippen molar-refractivity contribution in [3.05, 3.63) is 88.4 Å². The lowest BCUT2D eigenvalue weighted by Gasteiger charge is -2.32. The number of ether oxygens (including phenoxy) is 1. The Kier molecular flexibility index (Phi) is 11.2. The standard InChI is InChI=1S/C29H33Cl2N3O5S/c1-4-5-17-32-29(36)21(2)33(19-22-11-14-24(39-3)15-12-22)28(35)20-34(27-18-23(30)13-16-26(27)31)40(37,38)25-9-7-6-8-10-25/h6-16,18,21H,4-5,17,19-20H2,1-3H3,(H,32,36)/t21-/m1/s1. The Morgan fingerprint density at radius 1 is 1.00 bits per heavy atom. The van der Waals surface area contributed by atoms with Crippen LogP contribution >= 0.6 is 23.2 Å². The number of carbonyl (C=O) groups is 2. The van der Waals surface area contributed by atoms with E-state index >= 15 is 0 Å². The minimum absolute atomic E-state index is 0.0223. The zero-order valence-corrected chi connectivity index (χ0v) is 25.0. The third kappa shape index (κ3) is 7.90. The van der Waals surface area contributed by atoms with E-state index in [-0.39, 0.29) is 33.1 Å². The predicted octanol–water partition coefficient (Wildman–Crippen LogP) is 5.53. The molecular formula is C29H33Cl2N3O5S. The highest BCUT2D eigenvalue weighted by molar-refractivity contribution is 7.92. The molecule has 0 heterocycles. The third-order valence-electron chi connectivity index (χ3n) is 6.30. The summed E-state index contributed by atoms with van der Waals surface area (Å²) in [6.45, 7) is 3.55. The number of carbonyl (C=O) groups excluding carboxylic acids is 2. The lowest BCUT2D eigenvalue weighted by molar-refractivity contribution is -0.139. The van der Waals surface area contributed by atoms with Crippen molar-refractivity contribution in [3.63, 3.8) is 0 Å². The minimum atomic E-state index is -4.24. The van der Waals surface area contributed by atoms with Crippen LogP contribution < -0.4 is 14.4 Å². The number of benzene rings is 3. The summed E-state index contributed by atoms with van der Waals surface area (Å²) < 4.78 is 33.8. The Bertz CT molecular complexity index is 1400. The van der Waals surface area contributed by atoms with Gasteiger partial charge in [0.25, 0.3) is 10.0 Å². The number of halogens is 2. The Balaban J connectivity index is 2.02. The molecule has 0 radical (unpaired) electrons. The van der Waals surface area contributed by atoms with Gasteiger partial charge >= 0.3 is 0 Å². The molecule has 2 amide bonds. The van der Waals surface area contributed by atoms with Gasteiger partial charge in [-0.15, -0.1) is 0 Å². The maximum atomic E-state index is 13.9. The maximum Gasteiger partial charge on any atom is 0.264 e. The second-order valence-corrected chi connectivity index (χ2v) is 11.8. The molecule has 3 aromatic rings. The van der Waals surface area contributed by atoms with Crippen LogP contribution in [0.25, 0.3) is 0 Å². The maximum absolute atomic E-state index is 13.9. The van der Waals surface area contributed by atoms with E-state index in [1.165, 1.54) is 35.2 Å². The topological polar surface area (TPSA) is 96.0 Å². The normalized spacial score (nSPS) is 11.9. The van der Waals surface area contributed by atoms with Crippen LogP contribution in [-0.4, -0.2) is 51.4 Å². The van der Waals surface area contributed by atoms with E-state index in [2.05, 4.69) is 5.32 Å². The number of unbranched alkanes of at least 4 members (excludes halogenated alkanes) is 1. The molecule has 0 saturated heterocycles. The Labute approximate surface area is 245 Å². The van der Waals surface area contributed by atoms with Gasteiger partial charge < -0.3 is 15.0 Å².